The SMILES string of the molecule is CCCN(C(=O)c1cc(Br)c2c(c1)OCO2)C1CCNCC1.Cl. The van der Waals surface area contributed by atoms with E-state index in [4.69, 9.17) is 9.47 Å². The smallest absolute Gasteiger partial charge is 0.254 e. The molecule has 3 rings (SSSR count). The Balaban J connectivity index is 0.00000192. The molecular formula is C16H22BrClN2O3. The topological polar surface area (TPSA) is 50.8 Å². The van der Waals surface area contributed by atoms with Crippen LogP contribution in [0.25, 0.3) is 0 Å². The molecule has 5 nitrogen and oxygen atoms in total. The molecular weight excluding hydrogens is 384 g/mol. The van der Waals surface area contributed by atoms with E-state index < -0.39 is 0 Å². The van der Waals surface area contributed by atoms with Crippen LogP contribution in [0.3, 0.4) is 0 Å². The summed E-state index contributed by atoms with van der Waals surface area (Å²) in [6.07, 6.45) is 2.98. The van der Waals surface area contributed by atoms with Gasteiger partial charge in [-0.3, -0.25) is 4.79 Å². The van der Waals surface area contributed by atoms with Crippen LogP contribution < -0.4 is 14.8 Å². The summed E-state index contributed by atoms with van der Waals surface area (Å²) >= 11 is 3.46. The Morgan fingerprint density at radius 2 is 2.09 bits per heavy atom. The standard InChI is InChI=1S/C16H21BrN2O3.ClH/c1-2-7-19(12-3-5-18-6-4-12)16(20)11-8-13(17)15-14(9-11)21-10-22-15;/h8-9,12,18H,2-7,10H2,1H3;1H. The van der Waals surface area contributed by atoms with Gasteiger partial charge < -0.3 is 19.7 Å². The van der Waals surface area contributed by atoms with Gasteiger partial charge in [-0.15, -0.1) is 12.4 Å². The van der Waals surface area contributed by atoms with Crippen molar-refractivity contribution in [1.29, 1.82) is 0 Å². The molecule has 23 heavy (non-hydrogen) atoms. The van der Waals surface area contributed by atoms with Crippen molar-refractivity contribution in [2.24, 2.45) is 0 Å². The first-order valence-electron chi connectivity index (χ1n) is 7.81. The first kappa shape index (κ1) is 18.4. The van der Waals surface area contributed by atoms with E-state index in [1.807, 2.05) is 11.0 Å². The van der Waals surface area contributed by atoms with Crippen LogP contribution in [-0.4, -0.2) is 43.3 Å². The van der Waals surface area contributed by atoms with Crippen molar-refractivity contribution >= 4 is 34.2 Å². The Labute approximate surface area is 151 Å². The molecule has 0 spiro atoms. The molecule has 0 saturated carbocycles. The fourth-order valence-electron chi connectivity index (χ4n) is 3.07. The minimum atomic E-state index is 0. The molecule has 1 aromatic rings. The summed E-state index contributed by atoms with van der Waals surface area (Å²) in [6.45, 7) is 5.05. The highest BCUT2D eigenvalue weighted by Gasteiger charge is 2.28. The van der Waals surface area contributed by atoms with Gasteiger partial charge in [0.1, 0.15) is 0 Å². The number of hydrogen-bond donors (Lipinski definition) is 1. The van der Waals surface area contributed by atoms with Crippen LogP contribution in [0.1, 0.15) is 36.5 Å². The van der Waals surface area contributed by atoms with Gasteiger partial charge in [0.15, 0.2) is 11.5 Å². The van der Waals surface area contributed by atoms with Crippen molar-refractivity contribution in [3.8, 4) is 11.5 Å². The van der Waals surface area contributed by atoms with Gasteiger partial charge >= 0.3 is 0 Å². The summed E-state index contributed by atoms with van der Waals surface area (Å²) in [5, 5.41) is 3.35. The molecule has 1 amide bonds. The summed E-state index contributed by atoms with van der Waals surface area (Å²) < 4.78 is 11.6. The van der Waals surface area contributed by atoms with Crippen LogP contribution in [0.2, 0.25) is 0 Å². The molecule has 0 aliphatic carbocycles. The minimum Gasteiger partial charge on any atom is -0.454 e. The molecule has 2 aliphatic rings. The van der Waals surface area contributed by atoms with Crippen LogP contribution in [0.5, 0.6) is 11.5 Å². The Bertz CT molecular complexity index is 565. The zero-order valence-electron chi connectivity index (χ0n) is 13.1. The number of carbonyl (C=O) groups excluding carboxylic acids is 1. The Kier molecular flexibility index (Phi) is 6.56. The third kappa shape index (κ3) is 3.92. The van der Waals surface area contributed by atoms with Gasteiger partial charge in [0.25, 0.3) is 5.91 Å². The highest BCUT2D eigenvalue weighted by molar-refractivity contribution is 9.10. The lowest BCUT2D eigenvalue weighted by Crippen LogP contribution is -2.46. The number of carbonyl (C=O) groups is 1. The van der Waals surface area contributed by atoms with Gasteiger partial charge in [0, 0.05) is 18.2 Å². The fourth-order valence-corrected chi connectivity index (χ4v) is 3.62. The van der Waals surface area contributed by atoms with E-state index in [1.54, 1.807) is 6.07 Å². The van der Waals surface area contributed by atoms with Crippen LogP contribution in [0.4, 0.5) is 0 Å². The number of nitrogens with one attached hydrogen (secondary N) is 1. The van der Waals surface area contributed by atoms with E-state index in [2.05, 4.69) is 28.2 Å². The number of piperidine rings is 1. The Morgan fingerprint density at radius 3 is 2.78 bits per heavy atom. The normalized spacial score (nSPS) is 16.8. The second-order valence-electron chi connectivity index (χ2n) is 5.67. The zero-order chi connectivity index (χ0) is 15.5. The van der Waals surface area contributed by atoms with Crippen LogP contribution >= 0.6 is 28.3 Å². The summed E-state index contributed by atoms with van der Waals surface area (Å²) in [6, 6.07) is 3.94. The average molecular weight is 406 g/mol. The molecule has 1 N–H and O–H groups in total. The molecule has 0 radical (unpaired) electrons. The predicted octanol–water partition coefficient (Wildman–Crippen LogP) is 3.20. The van der Waals surface area contributed by atoms with Gasteiger partial charge in [-0.1, -0.05) is 6.92 Å². The summed E-state index contributed by atoms with van der Waals surface area (Å²) in [7, 11) is 0. The largest absolute Gasteiger partial charge is 0.454 e. The zero-order valence-corrected chi connectivity index (χ0v) is 15.5. The van der Waals surface area contributed by atoms with Gasteiger partial charge in [-0.2, -0.15) is 0 Å². The van der Waals surface area contributed by atoms with Crippen LogP contribution in [0.15, 0.2) is 16.6 Å². The quantitative estimate of drug-likeness (QED) is 0.836. The molecule has 1 aromatic carbocycles. The summed E-state index contributed by atoms with van der Waals surface area (Å²) in [4.78, 5) is 15.0. The molecule has 7 heteroatoms. The average Bonchev–Trinajstić information content (AvgIpc) is 3.02. The maximum atomic E-state index is 13.0. The minimum absolute atomic E-state index is 0. The predicted molar refractivity (Wildman–Crippen MR) is 94.7 cm³/mol. The number of rotatable bonds is 4. The highest BCUT2D eigenvalue weighted by atomic mass is 79.9. The monoisotopic (exact) mass is 404 g/mol. The molecule has 0 bridgehead atoms. The molecule has 0 atom stereocenters. The van der Waals surface area contributed by atoms with Crippen LogP contribution in [0, 0.1) is 0 Å². The molecule has 1 fully saturated rings. The number of halogens is 2. The maximum Gasteiger partial charge on any atom is 0.254 e. The van der Waals surface area contributed by atoms with E-state index >= 15 is 0 Å². The number of amides is 1. The van der Waals surface area contributed by atoms with E-state index in [9.17, 15) is 4.79 Å². The summed E-state index contributed by atoms with van der Waals surface area (Å²) in [5.74, 6) is 1.40. The Hall–Kier alpha value is -0.980. The summed E-state index contributed by atoms with van der Waals surface area (Å²) in [5.41, 5.74) is 0.656. The van der Waals surface area contributed by atoms with Gasteiger partial charge in [-0.25, -0.2) is 0 Å². The van der Waals surface area contributed by atoms with Gasteiger partial charge in [0.2, 0.25) is 6.79 Å². The number of hydrogen-bond acceptors (Lipinski definition) is 4. The van der Waals surface area contributed by atoms with Crippen LogP contribution in [-0.2, 0) is 0 Å². The second kappa shape index (κ2) is 8.22. The van der Waals surface area contributed by atoms with Crippen molar-refractivity contribution in [2.45, 2.75) is 32.2 Å². The maximum absolute atomic E-state index is 13.0. The van der Waals surface area contributed by atoms with E-state index in [1.165, 1.54) is 0 Å². The molecule has 128 valence electrons. The first-order chi connectivity index (χ1) is 10.7. The van der Waals surface area contributed by atoms with Gasteiger partial charge in [-0.05, 0) is 60.4 Å². The fraction of sp³-hybridized carbons (Fsp3) is 0.562. The van der Waals surface area contributed by atoms with E-state index in [-0.39, 0.29) is 25.1 Å². The first-order valence-corrected chi connectivity index (χ1v) is 8.61. The molecule has 0 aromatic heterocycles. The third-order valence-electron chi connectivity index (χ3n) is 4.15. The number of benzene rings is 1. The van der Waals surface area contributed by atoms with Crippen molar-refractivity contribution in [3.63, 3.8) is 0 Å². The number of nitrogens with zero attached hydrogens (tertiary/aromatic N) is 1. The highest BCUT2D eigenvalue weighted by Crippen LogP contribution is 2.40. The van der Waals surface area contributed by atoms with Crippen molar-refractivity contribution < 1.29 is 14.3 Å². The lowest BCUT2D eigenvalue weighted by molar-refractivity contribution is 0.0642. The number of fused-ring (bicyclic) bond motifs is 1. The van der Waals surface area contributed by atoms with E-state index in [0.717, 1.165) is 43.4 Å². The molecule has 2 aliphatic heterocycles. The van der Waals surface area contributed by atoms with Crippen molar-refractivity contribution in [3.05, 3.63) is 22.2 Å². The lowest BCUT2D eigenvalue weighted by Gasteiger charge is -2.34. The third-order valence-corrected chi connectivity index (χ3v) is 4.74. The van der Waals surface area contributed by atoms with Crippen molar-refractivity contribution in [1.82, 2.24) is 10.2 Å². The number of ether oxygens (including phenoxy) is 2. The van der Waals surface area contributed by atoms with Gasteiger partial charge in [0.05, 0.1) is 4.47 Å². The lowest BCUT2D eigenvalue weighted by atomic mass is 10.0. The van der Waals surface area contributed by atoms with Crippen molar-refractivity contribution in [2.75, 3.05) is 26.4 Å². The second-order valence-corrected chi connectivity index (χ2v) is 6.53. The van der Waals surface area contributed by atoms with E-state index in [0.29, 0.717) is 23.1 Å². The Morgan fingerprint density at radius 1 is 1.35 bits per heavy atom. The molecule has 0 unspecified atom stereocenters. The molecule has 2 heterocycles. The molecule has 1 saturated heterocycles.